The van der Waals surface area contributed by atoms with E-state index < -0.39 is 5.41 Å². The zero-order valence-corrected chi connectivity index (χ0v) is 12.0. The van der Waals surface area contributed by atoms with E-state index in [4.69, 9.17) is 10.9 Å². The Morgan fingerprint density at radius 2 is 1.80 bits per heavy atom. The van der Waals surface area contributed by atoms with E-state index in [0.29, 0.717) is 25.9 Å². The maximum Gasteiger partial charge on any atom is 0.237 e. The van der Waals surface area contributed by atoms with Crippen LogP contribution in [0.4, 0.5) is 0 Å². The number of nitrogens with zero attached hydrogens (tertiary/aromatic N) is 2. The number of amides is 1. The van der Waals surface area contributed by atoms with E-state index in [9.17, 15) is 4.79 Å². The molecule has 0 spiro atoms. The molecule has 0 bridgehead atoms. The fourth-order valence-electron chi connectivity index (χ4n) is 2.90. The van der Waals surface area contributed by atoms with E-state index >= 15 is 0 Å². The third kappa shape index (κ3) is 2.13. The van der Waals surface area contributed by atoms with Crippen LogP contribution in [-0.2, 0) is 17.9 Å². The number of oxime groups is 1. The molecule has 1 aromatic carbocycles. The average molecular weight is 275 g/mol. The summed E-state index contributed by atoms with van der Waals surface area (Å²) in [5.41, 5.74) is 7.23. The topological polar surface area (TPSA) is 78.9 Å². The van der Waals surface area contributed by atoms with Gasteiger partial charge in [-0.15, -0.1) is 0 Å². The first-order valence-electron chi connectivity index (χ1n) is 6.93. The molecule has 1 aromatic rings. The Labute approximate surface area is 119 Å². The van der Waals surface area contributed by atoms with E-state index in [1.807, 2.05) is 38.1 Å². The molecule has 0 unspecified atom stereocenters. The van der Waals surface area contributed by atoms with Crippen molar-refractivity contribution in [2.45, 2.75) is 39.8 Å². The number of rotatable bonds is 4. The summed E-state index contributed by atoms with van der Waals surface area (Å²) in [6.45, 7) is 4.97. The van der Waals surface area contributed by atoms with Crippen LogP contribution >= 0.6 is 0 Å². The van der Waals surface area contributed by atoms with E-state index in [-0.39, 0.29) is 11.7 Å². The van der Waals surface area contributed by atoms with Crippen LogP contribution < -0.4 is 5.73 Å². The van der Waals surface area contributed by atoms with Gasteiger partial charge in [0, 0.05) is 13.1 Å². The molecule has 108 valence electrons. The summed E-state index contributed by atoms with van der Waals surface area (Å²) in [7, 11) is 0. The molecule has 0 saturated heterocycles. The lowest BCUT2D eigenvalue weighted by Gasteiger charge is -2.32. The fraction of sp³-hybridized carbons (Fsp3) is 0.467. The van der Waals surface area contributed by atoms with Crippen LogP contribution in [0.3, 0.4) is 0 Å². The van der Waals surface area contributed by atoms with Crippen molar-refractivity contribution < 1.29 is 10.0 Å². The second-order valence-corrected chi connectivity index (χ2v) is 5.20. The SMILES string of the molecule is CCC(CC)(C(=O)N1Cc2ccccc2C1)C(N)=NO. The zero-order valence-electron chi connectivity index (χ0n) is 12.0. The van der Waals surface area contributed by atoms with Crippen molar-refractivity contribution in [1.29, 1.82) is 0 Å². The van der Waals surface area contributed by atoms with Crippen molar-refractivity contribution in [3.8, 4) is 0 Å². The number of nitrogens with two attached hydrogens (primary N) is 1. The van der Waals surface area contributed by atoms with E-state index in [2.05, 4.69) is 5.16 Å². The predicted molar refractivity (Wildman–Crippen MR) is 77.1 cm³/mol. The summed E-state index contributed by atoms with van der Waals surface area (Å²) >= 11 is 0. The summed E-state index contributed by atoms with van der Waals surface area (Å²) in [5.74, 6) is -0.0579. The van der Waals surface area contributed by atoms with Gasteiger partial charge in [0.25, 0.3) is 0 Å². The minimum absolute atomic E-state index is 0.00320. The molecule has 1 aliphatic rings. The highest BCUT2D eigenvalue weighted by Crippen LogP contribution is 2.33. The standard InChI is InChI=1S/C15H21N3O2/c1-3-15(4-2,13(16)17-20)14(19)18-9-11-7-5-6-8-12(11)10-18/h5-8,20H,3-4,9-10H2,1-2H3,(H2,16,17). The van der Waals surface area contributed by atoms with Gasteiger partial charge in [0.15, 0.2) is 5.84 Å². The molecule has 0 atom stereocenters. The van der Waals surface area contributed by atoms with Gasteiger partial charge in [-0.05, 0) is 24.0 Å². The molecular weight excluding hydrogens is 254 g/mol. The molecule has 0 aliphatic carbocycles. The fourth-order valence-corrected chi connectivity index (χ4v) is 2.90. The molecule has 2 rings (SSSR count). The molecule has 0 saturated carbocycles. The number of carbonyl (C=O) groups is 1. The van der Waals surface area contributed by atoms with Gasteiger partial charge in [-0.3, -0.25) is 4.79 Å². The Balaban J connectivity index is 2.28. The summed E-state index contributed by atoms with van der Waals surface area (Å²) in [6.07, 6.45) is 1.04. The third-order valence-electron chi connectivity index (χ3n) is 4.34. The van der Waals surface area contributed by atoms with Crippen LogP contribution in [0.1, 0.15) is 37.8 Å². The summed E-state index contributed by atoms with van der Waals surface area (Å²) in [5, 5.41) is 12.1. The van der Waals surface area contributed by atoms with E-state index in [1.54, 1.807) is 4.90 Å². The highest BCUT2D eigenvalue weighted by atomic mass is 16.4. The average Bonchev–Trinajstić information content (AvgIpc) is 2.92. The molecule has 0 aromatic heterocycles. The van der Waals surface area contributed by atoms with E-state index in [0.717, 1.165) is 0 Å². The first kappa shape index (κ1) is 14.4. The molecule has 5 heteroatoms. The van der Waals surface area contributed by atoms with Gasteiger partial charge in [-0.25, -0.2) is 0 Å². The van der Waals surface area contributed by atoms with Crippen LogP contribution in [0.15, 0.2) is 29.4 Å². The largest absolute Gasteiger partial charge is 0.409 e. The van der Waals surface area contributed by atoms with Crippen molar-refractivity contribution in [3.63, 3.8) is 0 Å². The second-order valence-electron chi connectivity index (χ2n) is 5.20. The van der Waals surface area contributed by atoms with Crippen molar-refractivity contribution in [2.75, 3.05) is 0 Å². The Morgan fingerprint density at radius 1 is 1.30 bits per heavy atom. The van der Waals surface area contributed by atoms with Gasteiger partial charge < -0.3 is 15.8 Å². The van der Waals surface area contributed by atoms with Gasteiger partial charge in [-0.2, -0.15) is 0 Å². The van der Waals surface area contributed by atoms with Gasteiger partial charge in [-0.1, -0.05) is 43.3 Å². The van der Waals surface area contributed by atoms with Crippen molar-refractivity contribution in [3.05, 3.63) is 35.4 Å². The lowest BCUT2D eigenvalue weighted by Crippen LogP contribution is -2.49. The van der Waals surface area contributed by atoms with Crippen LogP contribution in [-0.4, -0.2) is 21.8 Å². The Bertz CT molecular complexity index is 511. The van der Waals surface area contributed by atoms with Crippen LogP contribution in [0.2, 0.25) is 0 Å². The minimum atomic E-state index is -0.906. The Morgan fingerprint density at radius 3 is 2.20 bits per heavy atom. The minimum Gasteiger partial charge on any atom is -0.409 e. The van der Waals surface area contributed by atoms with Crippen LogP contribution in [0, 0.1) is 5.41 Å². The molecule has 5 nitrogen and oxygen atoms in total. The smallest absolute Gasteiger partial charge is 0.237 e. The predicted octanol–water partition coefficient (Wildman–Crippen LogP) is 2.08. The normalized spacial score (nSPS) is 15.3. The van der Waals surface area contributed by atoms with Crippen LogP contribution in [0.25, 0.3) is 0 Å². The second kappa shape index (κ2) is 5.53. The molecule has 1 aliphatic heterocycles. The van der Waals surface area contributed by atoms with Crippen molar-refractivity contribution in [1.82, 2.24) is 4.90 Å². The summed E-state index contributed by atoms with van der Waals surface area (Å²) in [4.78, 5) is 14.6. The van der Waals surface area contributed by atoms with Crippen molar-refractivity contribution in [2.24, 2.45) is 16.3 Å². The number of hydrogen-bond acceptors (Lipinski definition) is 3. The number of hydrogen-bond donors (Lipinski definition) is 2. The molecule has 3 N–H and O–H groups in total. The molecule has 0 radical (unpaired) electrons. The maximum atomic E-state index is 12.9. The Hall–Kier alpha value is -2.04. The lowest BCUT2D eigenvalue weighted by molar-refractivity contribution is -0.139. The first-order chi connectivity index (χ1) is 9.58. The van der Waals surface area contributed by atoms with Gasteiger partial charge >= 0.3 is 0 Å². The van der Waals surface area contributed by atoms with Gasteiger partial charge in [0.05, 0.1) is 0 Å². The monoisotopic (exact) mass is 275 g/mol. The maximum absolute atomic E-state index is 12.9. The van der Waals surface area contributed by atoms with Gasteiger partial charge in [0.2, 0.25) is 5.91 Å². The molecular formula is C15H21N3O2. The number of carbonyl (C=O) groups excluding carboxylic acids is 1. The van der Waals surface area contributed by atoms with Crippen molar-refractivity contribution >= 4 is 11.7 Å². The van der Waals surface area contributed by atoms with Gasteiger partial charge in [0.1, 0.15) is 5.41 Å². The summed E-state index contributed by atoms with van der Waals surface area (Å²) in [6, 6.07) is 8.02. The Kier molecular flexibility index (Phi) is 3.97. The number of amidine groups is 1. The zero-order chi connectivity index (χ0) is 14.8. The lowest BCUT2D eigenvalue weighted by atomic mass is 9.79. The molecule has 1 heterocycles. The van der Waals surface area contributed by atoms with Crippen LogP contribution in [0.5, 0.6) is 0 Å². The summed E-state index contributed by atoms with van der Waals surface area (Å²) < 4.78 is 0. The highest BCUT2D eigenvalue weighted by molar-refractivity contribution is 6.06. The molecule has 1 amide bonds. The first-order valence-corrected chi connectivity index (χ1v) is 6.93. The number of fused-ring (bicyclic) bond motifs is 1. The quantitative estimate of drug-likeness (QED) is 0.382. The highest BCUT2D eigenvalue weighted by Gasteiger charge is 2.43. The number of benzene rings is 1. The molecule has 20 heavy (non-hydrogen) atoms. The third-order valence-corrected chi connectivity index (χ3v) is 4.34. The molecule has 0 fully saturated rings. The van der Waals surface area contributed by atoms with E-state index in [1.165, 1.54) is 11.1 Å².